The molecule has 0 aliphatic carbocycles. The zero-order valence-electron chi connectivity index (χ0n) is 19.3. The lowest BCUT2D eigenvalue weighted by atomic mass is 9.96. The molecule has 5 N–H and O–H groups in total. The quantitative estimate of drug-likeness (QED) is 0.354. The van der Waals surface area contributed by atoms with E-state index in [1.54, 1.807) is 12.1 Å². The third-order valence-corrected chi connectivity index (χ3v) is 6.57. The maximum Gasteiger partial charge on any atom is 0.263 e. The van der Waals surface area contributed by atoms with Gasteiger partial charge in [0.05, 0.1) is 27.0 Å². The Balaban J connectivity index is 1.89. The molecule has 0 unspecified atom stereocenters. The topological polar surface area (TPSA) is 146 Å². The number of nitrogens with two attached hydrogens (primary N) is 2. The summed E-state index contributed by atoms with van der Waals surface area (Å²) < 4.78 is 16.4. The van der Waals surface area contributed by atoms with E-state index in [9.17, 15) is 10.1 Å². The Hall–Kier alpha value is -4.49. The molecule has 1 amide bonds. The molecule has 2 aromatic carbocycles. The monoisotopic (exact) mass is 489 g/mol. The number of fused-ring (bicyclic) bond motifs is 1. The van der Waals surface area contributed by atoms with Crippen molar-refractivity contribution in [2.45, 2.75) is 6.54 Å². The number of hydrogen-bond acceptors (Lipinski definition) is 9. The summed E-state index contributed by atoms with van der Waals surface area (Å²) in [5, 5.41) is 13.3. The van der Waals surface area contributed by atoms with Gasteiger partial charge in [-0.2, -0.15) is 5.26 Å². The van der Waals surface area contributed by atoms with Crippen molar-refractivity contribution < 1.29 is 19.0 Å². The van der Waals surface area contributed by atoms with E-state index >= 15 is 0 Å². The van der Waals surface area contributed by atoms with Crippen molar-refractivity contribution in [1.29, 1.82) is 5.26 Å². The van der Waals surface area contributed by atoms with Gasteiger partial charge in [0.1, 0.15) is 27.2 Å². The summed E-state index contributed by atoms with van der Waals surface area (Å²) in [4.78, 5) is 18.1. The van der Waals surface area contributed by atoms with Crippen LogP contribution in [0.5, 0.6) is 17.2 Å². The lowest BCUT2D eigenvalue weighted by molar-refractivity contribution is 0.0956. The standard InChI is InChI=1S/C25H23N5O4S/c1-32-16-9-14(10-17(33-2)21(16)34-3)18-15(11-26)23(28)30-25-19(18)20(27)22(35-25)24(31)29-12-13-7-5-4-6-8-13/h4-10H,12,27H2,1-3H3,(H2,28,30)(H,29,31). The number of anilines is 2. The second-order valence-corrected chi connectivity index (χ2v) is 8.47. The number of ether oxygens (including phenoxy) is 3. The van der Waals surface area contributed by atoms with Gasteiger partial charge in [-0.15, -0.1) is 11.3 Å². The SMILES string of the molecule is COc1cc(-c2c(C#N)c(N)nc3sc(C(=O)NCc4ccccc4)c(N)c23)cc(OC)c1OC. The molecule has 0 saturated carbocycles. The van der Waals surface area contributed by atoms with Gasteiger partial charge in [0.15, 0.2) is 11.5 Å². The van der Waals surface area contributed by atoms with Crippen LogP contribution < -0.4 is 31.0 Å². The average Bonchev–Trinajstić information content (AvgIpc) is 3.21. The van der Waals surface area contributed by atoms with Crippen molar-refractivity contribution in [3.05, 3.63) is 58.5 Å². The summed E-state index contributed by atoms with van der Waals surface area (Å²) in [6.45, 7) is 0.339. The molecule has 0 aliphatic heterocycles. The molecule has 0 spiro atoms. The number of nitrogens with one attached hydrogen (secondary N) is 1. The summed E-state index contributed by atoms with van der Waals surface area (Å²) in [6, 6.07) is 15.0. The van der Waals surface area contributed by atoms with Crippen LogP contribution in [-0.2, 0) is 6.54 Å². The van der Waals surface area contributed by atoms with Crippen LogP contribution in [0, 0.1) is 11.3 Å². The Bertz CT molecular complexity index is 1440. The second kappa shape index (κ2) is 9.79. The number of aromatic nitrogens is 1. The van der Waals surface area contributed by atoms with E-state index in [4.69, 9.17) is 25.7 Å². The average molecular weight is 490 g/mol. The molecule has 10 heteroatoms. The summed E-state index contributed by atoms with van der Waals surface area (Å²) in [5.41, 5.74) is 14.9. The van der Waals surface area contributed by atoms with Crippen LogP contribution in [0.1, 0.15) is 20.8 Å². The van der Waals surface area contributed by atoms with Gasteiger partial charge in [0, 0.05) is 17.5 Å². The molecule has 0 bridgehead atoms. The number of hydrogen-bond donors (Lipinski definition) is 3. The second-order valence-electron chi connectivity index (χ2n) is 7.47. The van der Waals surface area contributed by atoms with E-state index in [1.807, 2.05) is 30.3 Å². The van der Waals surface area contributed by atoms with Gasteiger partial charge in [-0.1, -0.05) is 30.3 Å². The van der Waals surface area contributed by atoms with Gasteiger partial charge >= 0.3 is 0 Å². The first-order chi connectivity index (χ1) is 16.9. The van der Waals surface area contributed by atoms with Crippen LogP contribution in [0.2, 0.25) is 0 Å². The fraction of sp³-hybridized carbons (Fsp3) is 0.160. The molecule has 0 atom stereocenters. The molecule has 0 radical (unpaired) electrons. The van der Waals surface area contributed by atoms with Crippen molar-refractivity contribution in [3.63, 3.8) is 0 Å². The van der Waals surface area contributed by atoms with Gasteiger partial charge in [-0.3, -0.25) is 4.79 Å². The summed E-state index contributed by atoms with van der Waals surface area (Å²) in [7, 11) is 4.49. The smallest absolute Gasteiger partial charge is 0.263 e. The van der Waals surface area contributed by atoms with Crippen LogP contribution in [0.15, 0.2) is 42.5 Å². The number of methoxy groups -OCH3 is 3. The van der Waals surface area contributed by atoms with Gasteiger partial charge in [-0.25, -0.2) is 4.98 Å². The van der Waals surface area contributed by atoms with E-state index < -0.39 is 0 Å². The fourth-order valence-corrected chi connectivity index (χ4v) is 4.85. The van der Waals surface area contributed by atoms with Crippen LogP contribution in [0.25, 0.3) is 21.3 Å². The van der Waals surface area contributed by atoms with Crippen molar-refractivity contribution in [2.75, 3.05) is 32.8 Å². The molecule has 35 heavy (non-hydrogen) atoms. The molecule has 4 rings (SSSR count). The predicted octanol–water partition coefficient (Wildman–Crippen LogP) is 3.96. The molecule has 0 saturated heterocycles. The highest BCUT2D eigenvalue weighted by molar-refractivity contribution is 7.21. The van der Waals surface area contributed by atoms with Gasteiger partial charge in [0.25, 0.3) is 5.91 Å². The summed E-state index contributed by atoms with van der Waals surface area (Å²) >= 11 is 1.11. The number of amides is 1. The first kappa shape index (κ1) is 23.7. The highest BCUT2D eigenvalue weighted by atomic mass is 32.1. The molecular weight excluding hydrogens is 466 g/mol. The Kier molecular flexibility index (Phi) is 6.62. The molecule has 2 heterocycles. The number of nitrogen functional groups attached to an aromatic ring is 2. The first-order valence-corrected chi connectivity index (χ1v) is 11.3. The van der Waals surface area contributed by atoms with Crippen LogP contribution >= 0.6 is 11.3 Å². The Morgan fingerprint density at radius 1 is 1.09 bits per heavy atom. The summed E-state index contributed by atoms with van der Waals surface area (Å²) in [6.07, 6.45) is 0. The highest BCUT2D eigenvalue weighted by Crippen LogP contribution is 2.47. The number of nitriles is 1. The van der Waals surface area contributed by atoms with E-state index in [0.717, 1.165) is 16.9 Å². The minimum Gasteiger partial charge on any atom is -0.493 e. The minimum atomic E-state index is -0.345. The number of carbonyl (C=O) groups excluding carboxylic acids is 1. The van der Waals surface area contributed by atoms with Crippen LogP contribution in [-0.4, -0.2) is 32.2 Å². The number of thiophene rings is 1. The number of pyridine rings is 1. The van der Waals surface area contributed by atoms with Crippen molar-refractivity contribution in [2.24, 2.45) is 0 Å². The molecule has 9 nitrogen and oxygen atoms in total. The zero-order valence-corrected chi connectivity index (χ0v) is 20.2. The van der Waals surface area contributed by atoms with E-state index in [1.165, 1.54) is 21.3 Å². The van der Waals surface area contributed by atoms with Gasteiger partial charge in [-0.05, 0) is 23.3 Å². The van der Waals surface area contributed by atoms with E-state index in [2.05, 4.69) is 16.4 Å². The maximum atomic E-state index is 13.0. The number of benzene rings is 2. The Morgan fingerprint density at radius 3 is 2.31 bits per heavy atom. The predicted molar refractivity (Wildman–Crippen MR) is 136 cm³/mol. The Labute approximate surface area is 205 Å². The van der Waals surface area contributed by atoms with Crippen LogP contribution in [0.3, 0.4) is 0 Å². The minimum absolute atomic E-state index is 0.0289. The highest BCUT2D eigenvalue weighted by Gasteiger charge is 2.26. The van der Waals surface area contributed by atoms with E-state index in [0.29, 0.717) is 45.1 Å². The molecule has 178 valence electrons. The normalized spacial score (nSPS) is 10.6. The third kappa shape index (κ3) is 4.25. The lowest BCUT2D eigenvalue weighted by Gasteiger charge is -2.16. The lowest BCUT2D eigenvalue weighted by Crippen LogP contribution is -2.22. The molecule has 0 fully saturated rings. The molecule has 2 aromatic heterocycles. The Morgan fingerprint density at radius 2 is 1.74 bits per heavy atom. The molecular formula is C25H23N5O4S. The summed E-state index contributed by atoms with van der Waals surface area (Å²) in [5.74, 6) is 0.867. The van der Waals surface area contributed by atoms with Gasteiger partial charge in [0.2, 0.25) is 5.75 Å². The maximum absolute atomic E-state index is 13.0. The van der Waals surface area contributed by atoms with Crippen molar-refractivity contribution >= 4 is 39.0 Å². The fourth-order valence-electron chi connectivity index (χ4n) is 3.82. The van der Waals surface area contributed by atoms with Crippen molar-refractivity contribution in [1.82, 2.24) is 10.3 Å². The largest absolute Gasteiger partial charge is 0.493 e. The third-order valence-electron chi connectivity index (χ3n) is 5.47. The number of nitrogens with zero attached hydrogens (tertiary/aromatic N) is 2. The van der Waals surface area contributed by atoms with Crippen LogP contribution in [0.4, 0.5) is 11.5 Å². The number of carbonyl (C=O) groups is 1. The van der Waals surface area contributed by atoms with E-state index in [-0.39, 0.29) is 27.9 Å². The first-order valence-electron chi connectivity index (χ1n) is 10.5. The molecule has 0 aliphatic rings. The number of rotatable bonds is 7. The van der Waals surface area contributed by atoms with Crippen molar-refractivity contribution in [3.8, 4) is 34.4 Å². The van der Waals surface area contributed by atoms with Gasteiger partial charge < -0.3 is 31.0 Å². The zero-order chi connectivity index (χ0) is 25.1. The molecule has 4 aromatic rings.